The Morgan fingerprint density at radius 1 is 1.32 bits per heavy atom. The van der Waals surface area contributed by atoms with Crippen molar-refractivity contribution < 1.29 is 4.74 Å². The van der Waals surface area contributed by atoms with Crippen LogP contribution in [0.3, 0.4) is 0 Å². The normalized spacial score (nSPS) is 15.1. The first kappa shape index (κ1) is 16.6. The van der Waals surface area contributed by atoms with E-state index in [1.54, 1.807) is 0 Å². The molecule has 3 N–H and O–H groups in total. The van der Waals surface area contributed by atoms with Crippen LogP contribution in [0.15, 0.2) is 29.3 Å². The van der Waals surface area contributed by atoms with Crippen molar-refractivity contribution in [2.24, 2.45) is 10.7 Å². The minimum absolute atomic E-state index is 0.528. The highest BCUT2D eigenvalue weighted by Crippen LogP contribution is 2.20. The van der Waals surface area contributed by atoms with Crippen LogP contribution in [0.4, 0.5) is 0 Å². The molecule has 0 spiro atoms. The van der Waals surface area contributed by atoms with Gasteiger partial charge in [0, 0.05) is 18.2 Å². The van der Waals surface area contributed by atoms with E-state index in [0.29, 0.717) is 25.2 Å². The zero-order valence-electron chi connectivity index (χ0n) is 13.7. The second-order valence-electron chi connectivity index (χ2n) is 5.60. The van der Waals surface area contributed by atoms with Crippen LogP contribution in [0.1, 0.15) is 32.3 Å². The predicted octanol–water partition coefficient (Wildman–Crippen LogP) is 1.97. The standard InChI is InChI=1S/C17H28N4O/c1-3-21(4-2)11-12-22-16-8-6-5-7-14(16)13-19-17(18)20-15-9-10-15/h5-8,15H,3-4,9-13H2,1-2H3,(H3,18,19,20). The van der Waals surface area contributed by atoms with Crippen molar-refractivity contribution in [3.63, 3.8) is 0 Å². The van der Waals surface area contributed by atoms with Gasteiger partial charge in [0.2, 0.25) is 0 Å². The minimum Gasteiger partial charge on any atom is -0.492 e. The number of para-hydroxylation sites is 1. The molecule has 0 amide bonds. The molecule has 122 valence electrons. The van der Waals surface area contributed by atoms with E-state index in [9.17, 15) is 0 Å². The van der Waals surface area contributed by atoms with E-state index in [0.717, 1.165) is 30.9 Å². The van der Waals surface area contributed by atoms with Crippen LogP contribution in [0, 0.1) is 0 Å². The van der Waals surface area contributed by atoms with Gasteiger partial charge in [-0.05, 0) is 32.0 Å². The minimum atomic E-state index is 0.528. The van der Waals surface area contributed by atoms with E-state index in [-0.39, 0.29) is 0 Å². The Bertz CT molecular complexity index is 481. The van der Waals surface area contributed by atoms with Gasteiger partial charge in [-0.1, -0.05) is 32.0 Å². The maximum Gasteiger partial charge on any atom is 0.189 e. The second kappa shape index (κ2) is 8.63. The molecule has 0 saturated heterocycles. The first-order valence-corrected chi connectivity index (χ1v) is 8.22. The number of benzene rings is 1. The van der Waals surface area contributed by atoms with Crippen LogP contribution in [-0.2, 0) is 6.54 Å². The molecule has 0 radical (unpaired) electrons. The van der Waals surface area contributed by atoms with Crippen molar-refractivity contribution in [3.05, 3.63) is 29.8 Å². The number of likely N-dealkylation sites (N-methyl/N-ethyl adjacent to an activating group) is 1. The van der Waals surface area contributed by atoms with Gasteiger partial charge >= 0.3 is 0 Å². The van der Waals surface area contributed by atoms with Gasteiger partial charge in [0.25, 0.3) is 0 Å². The molecule has 1 saturated carbocycles. The van der Waals surface area contributed by atoms with Gasteiger partial charge in [0.1, 0.15) is 12.4 Å². The predicted molar refractivity (Wildman–Crippen MR) is 91.2 cm³/mol. The highest BCUT2D eigenvalue weighted by atomic mass is 16.5. The number of nitrogens with two attached hydrogens (primary N) is 1. The second-order valence-corrected chi connectivity index (χ2v) is 5.60. The first-order valence-electron chi connectivity index (χ1n) is 8.22. The lowest BCUT2D eigenvalue weighted by atomic mass is 10.2. The summed E-state index contributed by atoms with van der Waals surface area (Å²) in [6.45, 7) is 8.62. The van der Waals surface area contributed by atoms with Crippen molar-refractivity contribution in [3.8, 4) is 5.75 Å². The van der Waals surface area contributed by atoms with Crippen LogP contribution in [0.2, 0.25) is 0 Å². The average Bonchev–Trinajstić information content (AvgIpc) is 3.34. The maximum atomic E-state index is 5.92. The topological polar surface area (TPSA) is 62.9 Å². The highest BCUT2D eigenvalue weighted by molar-refractivity contribution is 5.78. The summed E-state index contributed by atoms with van der Waals surface area (Å²) >= 11 is 0. The molecular formula is C17H28N4O. The molecule has 1 aromatic rings. The lowest BCUT2D eigenvalue weighted by molar-refractivity contribution is 0.221. The summed E-state index contributed by atoms with van der Waals surface area (Å²) in [5.74, 6) is 1.43. The molecule has 0 bridgehead atoms. The van der Waals surface area contributed by atoms with E-state index in [4.69, 9.17) is 10.5 Å². The van der Waals surface area contributed by atoms with E-state index in [2.05, 4.69) is 29.1 Å². The van der Waals surface area contributed by atoms with E-state index < -0.39 is 0 Å². The smallest absolute Gasteiger partial charge is 0.189 e. The summed E-state index contributed by atoms with van der Waals surface area (Å²) in [4.78, 5) is 6.75. The monoisotopic (exact) mass is 304 g/mol. The number of nitrogens with one attached hydrogen (secondary N) is 1. The summed E-state index contributed by atoms with van der Waals surface area (Å²) < 4.78 is 5.92. The van der Waals surface area contributed by atoms with Crippen LogP contribution >= 0.6 is 0 Å². The molecule has 1 aliphatic rings. The quantitative estimate of drug-likeness (QED) is 0.541. The van der Waals surface area contributed by atoms with Crippen LogP contribution < -0.4 is 15.8 Å². The molecule has 0 unspecified atom stereocenters. The number of nitrogens with zero attached hydrogens (tertiary/aromatic N) is 2. The SMILES string of the molecule is CCN(CC)CCOc1ccccc1CN=C(N)NC1CC1. The van der Waals surface area contributed by atoms with E-state index >= 15 is 0 Å². The fourth-order valence-corrected chi connectivity index (χ4v) is 2.25. The summed E-state index contributed by atoms with van der Waals surface area (Å²) in [5.41, 5.74) is 6.95. The molecular weight excluding hydrogens is 276 g/mol. The number of hydrogen-bond donors (Lipinski definition) is 2. The number of aliphatic imine (C=N–C) groups is 1. The number of ether oxygens (including phenoxy) is 1. The molecule has 0 atom stereocenters. The van der Waals surface area contributed by atoms with Gasteiger partial charge in [-0.15, -0.1) is 0 Å². The Morgan fingerprint density at radius 3 is 2.73 bits per heavy atom. The van der Waals surface area contributed by atoms with Crippen molar-refractivity contribution in [1.82, 2.24) is 10.2 Å². The summed E-state index contributed by atoms with van der Waals surface area (Å²) in [6, 6.07) is 8.57. The molecule has 5 nitrogen and oxygen atoms in total. The van der Waals surface area contributed by atoms with Gasteiger partial charge < -0.3 is 20.7 Å². The zero-order valence-corrected chi connectivity index (χ0v) is 13.7. The van der Waals surface area contributed by atoms with Crippen LogP contribution in [0.25, 0.3) is 0 Å². The molecule has 0 aromatic heterocycles. The molecule has 0 aliphatic heterocycles. The number of guanidine groups is 1. The first-order chi connectivity index (χ1) is 10.7. The Morgan fingerprint density at radius 2 is 2.05 bits per heavy atom. The maximum absolute atomic E-state index is 5.92. The highest BCUT2D eigenvalue weighted by Gasteiger charge is 2.21. The van der Waals surface area contributed by atoms with E-state index in [1.165, 1.54) is 12.8 Å². The van der Waals surface area contributed by atoms with Crippen LogP contribution in [0.5, 0.6) is 5.75 Å². The molecule has 1 aliphatic carbocycles. The van der Waals surface area contributed by atoms with Crippen molar-refractivity contribution >= 4 is 5.96 Å². The molecule has 5 heteroatoms. The van der Waals surface area contributed by atoms with Gasteiger partial charge in [0.15, 0.2) is 5.96 Å². The van der Waals surface area contributed by atoms with Gasteiger partial charge in [-0.25, -0.2) is 4.99 Å². The summed E-state index contributed by atoms with van der Waals surface area (Å²) in [5, 5.41) is 3.20. The lowest BCUT2D eigenvalue weighted by Crippen LogP contribution is -2.33. The third-order valence-electron chi connectivity index (χ3n) is 3.88. The third-order valence-corrected chi connectivity index (χ3v) is 3.88. The molecule has 2 rings (SSSR count). The number of rotatable bonds is 9. The molecule has 1 fully saturated rings. The van der Waals surface area contributed by atoms with E-state index in [1.807, 2.05) is 24.3 Å². The fraction of sp³-hybridized carbons (Fsp3) is 0.588. The zero-order chi connectivity index (χ0) is 15.8. The van der Waals surface area contributed by atoms with Gasteiger partial charge in [0.05, 0.1) is 6.54 Å². The Labute approximate surface area is 133 Å². The largest absolute Gasteiger partial charge is 0.492 e. The van der Waals surface area contributed by atoms with Crippen molar-refractivity contribution in [2.45, 2.75) is 39.3 Å². The third kappa shape index (κ3) is 5.56. The molecule has 22 heavy (non-hydrogen) atoms. The Hall–Kier alpha value is -1.75. The summed E-state index contributed by atoms with van der Waals surface area (Å²) in [7, 11) is 0. The van der Waals surface area contributed by atoms with Crippen LogP contribution in [-0.4, -0.2) is 43.1 Å². The fourth-order valence-electron chi connectivity index (χ4n) is 2.25. The van der Waals surface area contributed by atoms with Gasteiger partial charge in [-0.2, -0.15) is 0 Å². The van der Waals surface area contributed by atoms with Crippen molar-refractivity contribution in [2.75, 3.05) is 26.2 Å². The Kier molecular flexibility index (Phi) is 6.52. The molecule has 0 heterocycles. The Balaban J connectivity index is 1.85. The number of hydrogen-bond acceptors (Lipinski definition) is 3. The average molecular weight is 304 g/mol. The summed E-state index contributed by atoms with van der Waals surface area (Å²) in [6.07, 6.45) is 2.39. The van der Waals surface area contributed by atoms with Crippen molar-refractivity contribution in [1.29, 1.82) is 0 Å². The lowest BCUT2D eigenvalue weighted by Gasteiger charge is -2.18. The van der Waals surface area contributed by atoms with Gasteiger partial charge in [-0.3, -0.25) is 0 Å². The molecule has 1 aromatic carbocycles.